The minimum absolute atomic E-state index is 0.0677. The van der Waals surface area contributed by atoms with Gasteiger partial charge in [-0.3, -0.25) is 4.79 Å². The van der Waals surface area contributed by atoms with E-state index in [1.54, 1.807) is 0 Å². The van der Waals surface area contributed by atoms with E-state index in [1.807, 2.05) is 30.3 Å². The van der Waals surface area contributed by atoms with Gasteiger partial charge in [-0.1, -0.05) is 30.3 Å². The number of hydrogen-bond acceptors (Lipinski definition) is 6. The van der Waals surface area contributed by atoms with E-state index in [2.05, 4.69) is 4.74 Å². The normalized spacial score (nSPS) is 10.3. The molecular weight excluding hydrogens is 288 g/mol. The van der Waals surface area contributed by atoms with Crippen LogP contribution < -0.4 is 10.2 Å². The second-order valence-corrected chi connectivity index (χ2v) is 4.43. The SMILES string of the molecule is COCc1cc(=O)c(OCc2ccccc2)c(C(=O)OC)o1. The highest BCUT2D eigenvalue weighted by atomic mass is 16.5. The third kappa shape index (κ3) is 3.73. The van der Waals surface area contributed by atoms with Crippen LogP contribution >= 0.6 is 0 Å². The fourth-order valence-electron chi connectivity index (χ4n) is 1.84. The second kappa shape index (κ2) is 7.42. The monoisotopic (exact) mass is 304 g/mol. The average Bonchev–Trinajstić information content (AvgIpc) is 2.54. The third-order valence-corrected chi connectivity index (χ3v) is 2.84. The molecule has 1 heterocycles. The molecule has 0 aliphatic carbocycles. The molecule has 116 valence electrons. The largest absolute Gasteiger partial charge is 0.481 e. The topological polar surface area (TPSA) is 75.0 Å². The van der Waals surface area contributed by atoms with Gasteiger partial charge in [-0.2, -0.15) is 0 Å². The van der Waals surface area contributed by atoms with E-state index in [0.29, 0.717) is 0 Å². The van der Waals surface area contributed by atoms with E-state index in [-0.39, 0.29) is 30.5 Å². The van der Waals surface area contributed by atoms with E-state index in [1.165, 1.54) is 20.3 Å². The number of ether oxygens (including phenoxy) is 3. The Morgan fingerprint density at radius 1 is 1.14 bits per heavy atom. The van der Waals surface area contributed by atoms with Crippen LogP contribution in [0.3, 0.4) is 0 Å². The molecule has 0 N–H and O–H groups in total. The molecule has 0 saturated carbocycles. The van der Waals surface area contributed by atoms with Crippen LogP contribution in [-0.4, -0.2) is 20.2 Å². The van der Waals surface area contributed by atoms with Crippen molar-refractivity contribution in [2.24, 2.45) is 0 Å². The Kier molecular flexibility index (Phi) is 5.32. The molecule has 0 saturated heterocycles. The molecule has 6 nitrogen and oxygen atoms in total. The highest BCUT2D eigenvalue weighted by Crippen LogP contribution is 2.18. The number of methoxy groups -OCH3 is 2. The Balaban J connectivity index is 2.32. The van der Waals surface area contributed by atoms with Gasteiger partial charge in [0.2, 0.25) is 11.2 Å². The first kappa shape index (κ1) is 15.8. The molecule has 0 aliphatic rings. The maximum Gasteiger partial charge on any atom is 0.378 e. The molecule has 6 heteroatoms. The van der Waals surface area contributed by atoms with Crippen LogP contribution in [0.4, 0.5) is 0 Å². The van der Waals surface area contributed by atoms with Gasteiger partial charge in [0.15, 0.2) is 0 Å². The van der Waals surface area contributed by atoms with Crippen molar-refractivity contribution >= 4 is 5.97 Å². The first-order valence-corrected chi connectivity index (χ1v) is 6.56. The van der Waals surface area contributed by atoms with Gasteiger partial charge in [0.25, 0.3) is 5.76 Å². The Hall–Kier alpha value is -2.60. The van der Waals surface area contributed by atoms with E-state index < -0.39 is 11.4 Å². The van der Waals surface area contributed by atoms with Crippen molar-refractivity contribution in [2.75, 3.05) is 14.2 Å². The molecule has 22 heavy (non-hydrogen) atoms. The van der Waals surface area contributed by atoms with E-state index >= 15 is 0 Å². The predicted molar refractivity (Wildman–Crippen MR) is 77.8 cm³/mol. The van der Waals surface area contributed by atoms with Gasteiger partial charge < -0.3 is 18.6 Å². The number of esters is 1. The van der Waals surface area contributed by atoms with E-state index in [0.717, 1.165) is 5.56 Å². The molecule has 0 bridgehead atoms. The Labute approximate surface area is 127 Å². The molecule has 0 spiro atoms. The summed E-state index contributed by atoms with van der Waals surface area (Å²) in [4.78, 5) is 23.9. The summed E-state index contributed by atoms with van der Waals surface area (Å²) < 4.78 is 20.3. The minimum Gasteiger partial charge on any atom is -0.481 e. The van der Waals surface area contributed by atoms with Gasteiger partial charge >= 0.3 is 5.97 Å². The Morgan fingerprint density at radius 2 is 1.86 bits per heavy atom. The number of carbonyl (C=O) groups excluding carboxylic acids is 1. The number of hydrogen-bond donors (Lipinski definition) is 0. The van der Waals surface area contributed by atoms with Gasteiger partial charge in [-0.05, 0) is 5.56 Å². The first-order valence-electron chi connectivity index (χ1n) is 6.56. The van der Waals surface area contributed by atoms with Crippen LogP contribution in [-0.2, 0) is 22.7 Å². The summed E-state index contributed by atoms with van der Waals surface area (Å²) in [6.45, 7) is 0.206. The summed E-state index contributed by atoms with van der Waals surface area (Å²) in [7, 11) is 2.66. The molecule has 0 atom stereocenters. The molecule has 1 aromatic heterocycles. The lowest BCUT2D eigenvalue weighted by Gasteiger charge is -2.10. The number of carbonyl (C=O) groups is 1. The lowest BCUT2D eigenvalue weighted by Crippen LogP contribution is -2.15. The zero-order valence-corrected chi connectivity index (χ0v) is 12.3. The lowest BCUT2D eigenvalue weighted by molar-refractivity contribution is 0.0542. The predicted octanol–water partition coefficient (Wildman–Crippen LogP) is 2.15. The van der Waals surface area contributed by atoms with Gasteiger partial charge in [0, 0.05) is 13.2 Å². The number of rotatable bonds is 6. The Morgan fingerprint density at radius 3 is 2.50 bits per heavy atom. The van der Waals surface area contributed by atoms with Crippen molar-refractivity contribution in [3.05, 3.63) is 63.7 Å². The van der Waals surface area contributed by atoms with Crippen molar-refractivity contribution in [2.45, 2.75) is 13.2 Å². The van der Waals surface area contributed by atoms with Crippen molar-refractivity contribution in [1.29, 1.82) is 0 Å². The van der Waals surface area contributed by atoms with Crippen molar-refractivity contribution in [1.82, 2.24) is 0 Å². The molecule has 0 unspecified atom stereocenters. The van der Waals surface area contributed by atoms with Crippen molar-refractivity contribution in [3.8, 4) is 5.75 Å². The van der Waals surface area contributed by atoms with Crippen LogP contribution in [0.25, 0.3) is 0 Å². The molecule has 0 fully saturated rings. The van der Waals surface area contributed by atoms with Gasteiger partial charge in [0.1, 0.15) is 19.0 Å². The highest BCUT2D eigenvalue weighted by Gasteiger charge is 2.21. The molecule has 0 amide bonds. The summed E-state index contributed by atoms with van der Waals surface area (Å²) in [5, 5.41) is 0. The van der Waals surface area contributed by atoms with Crippen LogP contribution in [0.2, 0.25) is 0 Å². The molecule has 1 aromatic carbocycles. The summed E-state index contributed by atoms with van der Waals surface area (Å²) in [6, 6.07) is 10.5. The molecule has 0 radical (unpaired) electrons. The lowest BCUT2D eigenvalue weighted by atomic mass is 10.2. The minimum atomic E-state index is -0.780. The van der Waals surface area contributed by atoms with Crippen LogP contribution in [0.5, 0.6) is 5.75 Å². The van der Waals surface area contributed by atoms with Crippen molar-refractivity contribution in [3.63, 3.8) is 0 Å². The molecule has 2 rings (SSSR count). The smallest absolute Gasteiger partial charge is 0.378 e. The first-order chi connectivity index (χ1) is 10.7. The van der Waals surface area contributed by atoms with Crippen molar-refractivity contribution < 1.29 is 23.4 Å². The van der Waals surface area contributed by atoms with Crippen LogP contribution in [0.15, 0.2) is 45.6 Å². The van der Waals surface area contributed by atoms with Crippen LogP contribution in [0, 0.1) is 0 Å². The van der Waals surface area contributed by atoms with Crippen LogP contribution in [0.1, 0.15) is 21.9 Å². The molecular formula is C16H16O6. The second-order valence-electron chi connectivity index (χ2n) is 4.43. The summed E-state index contributed by atoms with van der Waals surface area (Å²) in [6.07, 6.45) is 0. The zero-order valence-electron chi connectivity index (χ0n) is 12.3. The summed E-state index contributed by atoms with van der Waals surface area (Å²) >= 11 is 0. The molecule has 0 aliphatic heterocycles. The van der Waals surface area contributed by atoms with E-state index in [9.17, 15) is 9.59 Å². The maximum atomic E-state index is 12.1. The summed E-state index contributed by atoms with van der Waals surface area (Å²) in [5.41, 5.74) is 0.397. The van der Waals surface area contributed by atoms with Gasteiger partial charge in [-0.15, -0.1) is 0 Å². The zero-order chi connectivity index (χ0) is 15.9. The number of benzene rings is 1. The van der Waals surface area contributed by atoms with Gasteiger partial charge in [0.05, 0.1) is 7.11 Å². The third-order valence-electron chi connectivity index (χ3n) is 2.84. The summed E-state index contributed by atoms with van der Waals surface area (Å²) in [5.74, 6) is -0.994. The standard InChI is InChI=1S/C16H16O6/c1-19-10-12-8-13(17)14(15(22-12)16(18)20-2)21-9-11-6-4-3-5-7-11/h3-8H,9-10H2,1-2H3. The van der Waals surface area contributed by atoms with E-state index in [4.69, 9.17) is 13.9 Å². The van der Waals surface area contributed by atoms with Gasteiger partial charge in [-0.25, -0.2) is 4.79 Å². The average molecular weight is 304 g/mol. The maximum absolute atomic E-state index is 12.1. The molecule has 2 aromatic rings. The highest BCUT2D eigenvalue weighted by molar-refractivity contribution is 5.89. The quantitative estimate of drug-likeness (QED) is 0.761. The fourth-order valence-corrected chi connectivity index (χ4v) is 1.84. The fraction of sp³-hybridized carbons (Fsp3) is 0.250. The Bertz CT molecular complexity index is 690.